The van der Waals surface area contributed by atoms with Crippen LogP contribution in [-0.2, 0) is 0 Å². The second-order valence-corrected chi connectivity index (χ2v) is 4.46. The molecule has 0 amide bonds. The third-order valence-electron chi connectivity index (χ3n) is 3.16. The normalized spacial score (nSPS) is 25.5. The van der Waals surface area contributed by atoms with Crippen molar-refractivity contribution in [1.29, 1.82) is 0 Å². The number of rotatable bonds is 1. The summed E-state index contributed by atoms with van der Waals surface area (Å²) in [6.07, 6.45) is 1.57. The highest BCUT2D eigenvalue weighted by Crippen LogP contribution is 2.35. The highest BCUT2D eigenvalue weighted by Gasteiger charge is 2.30. The van der Waals surface area contributed by atoms with E-state index >= 15 is 0 Å². The van der Waals surface area contributed by atoms with E-state index in [-0.39, 0.29) is 6.10 Å². The van der Waals surface area contributed by atoms with Crippen molar-refractivity contribution in [2.45, 2.75) is 31.8 Å². The number of nitrogens with zero attached hydrogens (tertiary/aromatic N) is 1. The first-order valence-electron chi connectivity index (χ1n) is 5.37. The summed E-state index contributed by atoms with van der Waals surface area (Å²) in [6, 6.07) is 6.23. The Morgan fingerprint density at radius 1 is 1.40 bits per heavy atom. The van der Waals surface area contributed by atoms with Gasteiger partial charge in [-0.05, 0) is 37.5 Å². The van der Waals surface area contributed by atoms with Crippen molar-refractivity contribution in [3.8, 4) is 0 Å². The van der Waals surface area contributed by atoms with Gasteiger partial charge < -0.3 is 10.1 Å². The van der Waals surface area contributed by atoms with E-state index in [1.165, 1.54) is 5.56 Å². The number of hydrogen-bond donors (Lipinski definition) is 2. The number of imidazole rings is 1. The number of aryl methyl sites for hydroxylation is 1. The van der Waals surface area contributed by atoms with Crippen molar-refractivity contribution in [3.63, 3.8) is 0 Å². The van der Waals surface area contributed by atoms with Gasteiger partial charge in [-0.3, -0.25) is 0 Å². The molecule has 3 heteroatoms. The number of aliphatic hydroxyl groups is 1. The van der Waals surface area contributed by atoms with Crippen molar-refractivity contribution < 1.29 is 5.11 Å². The van der Waals surface area contributed by atoms with Gasteiger partial charge in [0.1, 0.15) is 5.82 Å². The predicted molar refractivity (Wildman–Crippen MR) is 58.8 cm³/mol. The van der Waals surface area contributed by atoms with E-state index in [9.17, 15) is 5.11 Å². The summed E-state index contributed by atoms with van der Waals surface area (Å²) in [6.45, 7) is 2.08. The van der Waals surface area contributed by atoms with Gasteiger partial charge in [-0.2, -0.15) is 0 Å². The van der Waals surface area contributed by atoms with Crippen LogP contribution in [0, 0.1) is 6.92 Å². The summed E-state index contributed by atoms with van der Waals surface area (Å²) in [7, 11) is 0. The van der Waals surface area contributed by atoms with Gasteiger partial charge in [-0.1, -0.05) is 6.07 Å². The SMILES string of the molecule is Cc1ccc2nc(C3CC(O)C3)[nH]c2c1. The van der Waals surface area contributed by atoms with Crippen LogP contribution >= 0.6 is 0 Å². The molecule has 1 saturated carbocycles. The van der Waals surface area contributed by atoms with Crippen LogP contribution in [0.3, 0.4) is 0 Å². The quantitative estimate of drug-likeness (QED) is 0.744. The highest BCUT2D eigenvalue weighted by molar-refractivity contribution is 5.75. The average molecular weight is 202 g/mol. The van der Waals surface area contributed by atoms with Crippen molar-refractivity contribution in [2.24, 2.45) is 0 Å². The molecule has 1 aliphatic carbocycles. The Balaban J connectivity index is 1.99. The Morgan fingerprint density at radius 2 is 2.20 bits per heavy atom. The van der Waals surface area contributed by atoms with Gasteiger partial charge in [0.15, 0.2) is 0 Å². The van der Waals surface area contributed by atoms with Crippen LogP contribution in [0.15, 0.2) is 18.2 Å². The average Bonchev–Trinajstić information content (AvgIpc) is 2.55. The van der Waals surface area contributed by atoms with Crippen molar-refractivity contribution in [1.82, 2.24) is 9.97 Å². The van der Waals surface area contributed by atoms with Crippen LogP contribution < -0.4 is 0 Å². The van der Waals surface area contributed by atoms with Gasteiger partial charge in [0.2, 0.25) is 0 Å². The van der Waals surface area contributed by atoms with Gasteiger partial charge in [-0.15, -0.1) is 0 Å². The van der Waals surface area contributed by atoms with Crippen molar-refractivity contribution in [3.05, 3.63) is 29.6 Å². The molecule has 0 aliphatic heterocycles. The zero-order valence-corrected chi connectivity index (χ0v) is 8.70. The van der Waals surface area contributed by atoms with Crippen LogP contribution in [0.5, 0.6) is 0 Å². The molecule has 1 heterocycles. The fourth-order valence-corrected chi connectivity index (χ4v) is 2.15. The first kappa shape index (κ1) is 8.92. The number of benzene rings is 1. The van der Waals surface area contributed by atoms with E-state index in [2.05, 4.69) is 29.0 Å². The molecule has 3 rings (SSSR count). The summed E-state index contributed by atoms with van der Waals surface area (Å²) in [5.41, 5.74) is 3.37. The molecule has 1 aliphatic rings. The molecule has 1 aromatic heterocycles. The van der Waals surface area contributed by atoms with E-state index in [1.54, 1.807) is 0 Å². The maximum Gasteiger partial charge on any atom is 0.110 e. The lowest BCUT2D eigenvalue weighted by Crippen LogP contribution is -2.27. The fourth-order valence-electron chi connectivity index (χ4n) is 2.15. The molecule has 0 atom stereocenters. The van der Waals surface area contributed by atoms with Gasteiger partial charge in [0, 0.05) is 5.92 Å². The van der Waals surface area contributed by atoms with Crippen LogP contribution in [0.1, 0.15) is 30.1 Å². The molecule has 1 fully saturated rings. The largest absolute Gasteiger partial charge is 0.393 e. The number of aliphatic hydroxyl groups excluding tert-OH is 1. The van der Waals surface area contributed by atoms with Crippen LogP contribution in [0.4, 0.5) is 0 Å². The van der Waals surface area contributed by atoms with Gasteiger partial charge in [-0.25, -0.2) is 4.98 Å². The standard InChI is InChI=1S/C12H14N2O/c1-7-2-3-10-11(4-7)14-12(13-10)8-5-9(15)6-8/h2-4,8-9,15H,5-6H2,1H3,(H,13,14). The monoisotopic (exact) mass is 202 g/mol. The van der Waals surface area contributed by atoms with Gasteiger partial charge in [0.25, 0.3) is 0 Å². The van der Waals surface area contributed by atoms with Crippen LogP contribution in [-0.4, -0.2) is 21.2 Å². The van der Waals surface area contributed by atoms with E-state index < -0.39 is 0 Å². The Morgan fingerprint density at radius 3 is 2.93 bits per heavy atom. The van der Waals surface area contributed by atoms with Gasteiger partial charge >= 0.3 is 0 Å². The zero-order chi connectivity index (χ0) is 10.4. The molecule has 1 aromatic carbocycles. The minimum Gasteiger partial charge on any atom is -0.393 e. The summed E-state index contributed by atoms with van der Waals surface area (Å²) >= 11 is 0. The Kier molecular flexibility index (Phi) is 1.83. The molecule has 78 valence electrons. The lowest BCUT2D eigenvalue weighted by molar-refractivity contribution is 0.0720. The van der Waals surface area contributed by atoms with Crippen LogP contribution in [0.25, 0.3) is 11.0 Å². The van der Waals surface area contributed by atoms with Crippen LogP contribution in [0.2, 0.25) is 0 Å². The van der Waals surface area contributed by atoms with E-state index in [0.717, 1.165) is 29.7 Å². The maximum absolute atomic E-state index is 9.26. The lowest BCUT2D eigenvalue weighted by atomic mass is 9.82. The molecule has 2 aromatic rings. The molecule has 0 bridgehead atoms. The minimum atomic E-state index is -0.120. The molecule has 0 unspecified atom stereocenters. The molecule has 0 spiro atoms. The number of nitrogens with one attached hydrogen (secondary N) is 1. The van der Waals surface area contributed by atoms with E-state index in [0.29, 0.717) is 5.92 Å². The summed E-state index contributed by atoms with van der Waals surface area (Å²) in [5, 5.41) is 9.26. The van der Waals surface area contributed by atoms with Gasteiger partial charge in [0.05, 0.1) is 17.1 Å². The third-order valence-corrected chi connectivity index (χ3v) is 3.16. The number of aromatic nitrogens is 2. The molecular formula is C12H14N2O. The molecular weight excluding hydrogens is 188 g/mol. The number of H-pyrrole nitrogens is 1. The first-order valence-corrected chi connectivity index (χ1v) is 5.37. The minimum absolute atomic E-state index is 0.120. The summed E-state index contributed by atoms with van der Waals surface area (Å²) in [5.74, 6) is 1.45. The highest BCUT2D eigenvalue weighted by atomic mass is 16.3. The second-order valence-electron chi connectivity index (χ2n) is 4.46. The molecule has 0 radical (unpaired) electrons. The first-order chi connectivity index (χ1) is 7.22. The third kappa shape index (κ3) is 1.43. The molecule has 3 nitrogen and oxygen atoms in total. The number of aromatic amines is 1. The number of fused-ring (bicyclic) bond motifs is 1. The fraction of sp³-hybridized carbons (Fsp3) is 0.417. The van der Waals surface area contributed by atoms with E-state index in [1.807, 2.05) is 6.07 Å². The smallest absolute Gasteiger partial charge is 0.110 e. The van der Waals surface area contributed by atoms with Crippen molar-refractivity contribution in [2.75, 3.05) is 0 Å². The predicted octanol–water partition coefficient (Wildman–Crippen LogP) is 2.11. The Labute approximate surface area is 88.2 Å². The molecule has 0 saturated heterocycles. The van der Waals surface area contributed by atoms with E-state index in [4.69, 9.17) is 0 Å². The lowest BCUT2D eigenvalue weighted by Gasteiger charge is -2.29. The zero-order valence-electron chi connectivity index (χ0n) is 8.70. The Hall–Kier alpha value is -1.35. The topological polar surface area (TPSA) is 48.9 Å². The summed E-state index contributed by atoms with van der Waals surface area (Å²) in [4.78, 5) is 7.88. The molecule has 2 N–H and O–H groups in total. The maximum atomic E-state index is 9.26. The summed E-state index contributed by atoms with van der Waals surface area (Å²) < 4.78 is 0. The second kappa shape index (κ2) is 3.07. The Bertz CT molecular complexity index is 497. The van der Waals surface area contributed by atoms with Crippen molar-refractivity contribution >= 4 is 11.0 Å². The number of hydrogen-bond acceptors (Lipinski definition) is 2. The molecule has 15 heavy (non-hydrogen) atoms.